The first kappa shape index (κ1) is 25.5. The molecule has 27 heavy (non-hydrogen) atoms. The second-order valence-corrected chi connectivity index (χ2v) is 7.50. The third kappa shape index (κ3) is 13.4. The second kappa shape index (κ2) is 14.6. The molecule has 0 bridgehead atoms. The molecule has 0 spiro atoms. The quantitative estimate of drug-likeness (QED) is 0.395. The molecule has 0 heterocycles. The van der Waals surface area contributed by atoms with Gasteiger partial charge in [-0.3, -0.25) is 14.4 Å². The third-order valence-electron chi connectivity index (χ3n) is 4.61. The molecule has 0 saturated carbocycles. The van der Waals surface area contributed by atoms with Gasteiger partial charge in [0, 0.05) is 34.2 Å². The maximum absolute atomic E-state index is 12.3. The first-order valence-corrected chi connectivity index (χ1v) is 9.91. The molecule has 7 heteroatoms. The van der Waals surface area contributed by atoms with Gasteiger partial charge in [-0.25, -0.2) is 0 Å². The summed E-state index contributed by atoms with van der Waals surface area (Å²) in [5.74, 6) is 0.147. The summed E-state index contributed by atoms with van der Waals surface area (Å²) in [7, 11) is 0. The van der Waals surface area contributed by atoms with Gasteiger partial charge in [0.1, 0.15) is 12.4 Å². The standard InChI is InChI=1S/C20H38N2O5.2H2/c1-6-20(4,5)19(25)16(2)9-7-8-10-22-18(24)15-27-14-13-26-12-11-21-17(3)23;;/h16H,6-15H2,1-5H3,(H,21,23)(H,22,24);2*1H/t16-;;/m0../s1. The van der Waals surface area contributed by atoms with Crippen molar-refractivity contribution in [3.8, 4) is 0 Å². The largest absolute Gasteiger partial charge is 0.377 e. The Hall–Kier alpha value is -1.47. The van der Waals surface area contributed by atoms with Crippen LogP contribution in [-0.4, -0.2) is 57.1 Å². The summed E-state index contributed by atoms with van der Waals surface area (Å²) in [5, 5.41) is 5.44. The van der Waals surface area contributed by atoms with E-state index in [2.05, 4.69) is 10.6 Å². The first-order valence-electron chi connectivity index (χ1n) is 9.91. The van der Waals surface area contributed by atoms with Crippen LogP contribution in [0, 0.1) is 11.3 Å². The predicted octanol–water partition coefficient (Wildman–Crippen LogP) is 2.58. The third-order valence-corrected chi connectivity index (χ3v) is 4.61. The highest BCUT2D eigenvalue weighted by Gasteiger charge is 2.28. The van der Waals surface area contributed by atoms with E-state index >= 15 is 0 Å². The van der Waals surface area contributed by atoms with E-state index < -0.39 is 0 Å². The first-order chi connectivity index (χ1) is 12.7. The number of amides is 2. The summed E-state index contributed by atoms with van der Waals surface area (Å²) in [6.07, 6.45) is 3.47. The SMILES string of the molecule is CCC(C)(C)C(=O)[C@@H](C)CCCCNC(=O)COCCOCCNC(C)=O.[HH].[HH]. The Balaban J connectivity index is -0.00000338. The van der Waals surface area contributed by atoms with Crippen LogP contribution < -0.4 is 10.6 Å². The Labute approximate surface area is 166 Å². The number of Topliss-reactive ketones (excluding diaryl/α,β-unsaturated/α-hetero) is 1. The molecule has 0 aromatic rings. The van der Waals surface area contributed by atoms with Crippen molar-refractivity contribution in [1.29, 1.82) is 0 Å². The molecule has 1 atom stereocenters. The van der Waals surface area contributed by atoms with E-state index in [0.29, 0.717) is 38.7 Å². The van der Waals surface area contributed by atoms with Crippen LogP contribution in [0.15, 0.2) is 0 Å². The predicted molar refractivity (Wildman–Crippen MR) is 110 cm³/mol. The van der Waals surface area contributed by atoms with E-state index in [-0.39, 0.29) is 32.6 Å². The normalized spacial score (nSPS) is 12.5. The Morgan fingerprint density at radius 2 is 1.67 bits per heavy atom. The zero-order valence-corrected chi connectivity index (χ0v) is 17.7. The van der Waals surface area contributed by atoms with Crippen LogP contribution >= 0.6 is 0 Å². The van der Waals surface area contributed by atoms with Crippen molar-refractivity contribution in [2.24, 2.45) is 11.3 Å². The highest BCUT2D eigenvalue weighted by atomic mass is 16.5. The molecule has 2 amide bonds. The molecule has 0 saturated heterocycles. The number of ether oxygens (including phenoxy) is 2. The summed E-state index contributed by atoms with van der Waals surface area (Å²) in [6.45, 7) is 11.7. The number of unbranched alkanes of at least 4 members (excludes halogenated alkanes) is 1. The van der Waals surface area contributed by atoms with Crippen molar-refractivity contribution in [3.05, 3.63) is 0 Å². The van der Waals surface area contributed by atoms with Crippen molar-refractivity contribution in [2.45, 2.75) is 60.3 Å². The molecular formula is C20H42N2O5. The molecule has 7 nitrogen and oxygen atoms in total. The lowest BCUT2D eigenvalue weighted by Gasteiger charge is -2.25. The van der Waals surface area contributed by atoms with Gasteiger partial charge >= 0.3 is 0 Å². The van der Waals surface area contributed by atoms with Crippen molar-refractivity contribution in [1.82, 2.24) is 10.6 Å². The number of carbonyl (C=O) groups is 3. The maximum atomic E-state index is 12.3. The molecule has 0 aliphatic rings. The number of ketones is 1. The van der Waals surface area contributed by atoms with Gasteiger partial charge in [-0.1, -0.05) is 34.1 Å². The van der Waals surface area contributed by atoms with E-state index in [1.54, 1.807) is 0 Å². The van der Waals surface area contributed by atoms with E-state index in [0.717, 1.165) is 25.7 Å². The van der Waals surface area contributed by atoms with Crippen LogP contribution in [0.5, 0.6) is 0 Å². The van der Waals surface area contributed by atoms with Crippen LogP contribution in [0.25, 0.3) is 0 Å². The fourth-order valence-corrected chi connectivity index (χ4v) is 2.51. The summed E-state index contributed by atoms with van der Waals surface area (Å²) in [5.41, 5.74) is -0.251. The summed E-state index contributed by atoms with van der Waals surface area (Å²) < 4.78 is 10.5. The van der Waals surface area contributed by atoms with Crippen molar-refractivity contribution < 1.29 is 26.7 Å². The molecule has 2 N–H and O–H groups in total. The van der Waals surface area contributed by atoms with Gasteiger partial charge < -0.3 is 20.1 Å². The van der Waals surface area contributed by atoms with Gasteiger partial charge in [0.2, 0.25) is 11.8 Å². The summed E-state index contributed by atoms with van der Waals surface area (Å²) in [4.78, 5) is 34.6. The second-order valence-electron chi connectivity index (χ2n) is 7.50. The molecule has 162 valence electrons. The van der Waals surface area contributed by atoms with Crippen LogP contribution in [0.1, 0.15) is 63.2 Å². The van der Waals surface area contributed by atoms with Crippen LogP contribution in [0.4, 0.5) is 0 Å². The van der Waals surface area contributed by atoms with E-state index in [9.17, 15) is 14.4 Å². The fourth-order valence-electron chi connectivity index (χ4n) is 2.51. The average Bonchev–Trinajstić information content (AvgIpc) is 2.62. The number of nitrogens with one attached hydrogen (secondary N) is 2. The van der Waals surface area contributed by atoms with Crippen LogP contribution in [0.3, 0.4) is 0 Å². The van der Waals surface area contributed by atoms with Gasteiger partial charge in [0.25, 0.3) is 0 Å². The molecule has 0 unspecified atom stereocenters. The lowest BCUT2D eigenvalue weighted by atomic mass is 9.78. The van der Waals surface area contributed by atoms with Crippen molar-refractivity contribution in [3.63, 3.8) is 0 Å². The molecule has 0 rings (SSSR count). The lowest BCUT2D eigenvalue weighted by molar-refractivity contribution is -0.131. The number of carbonyl (C=O) groups excluding carboxylic acids is 3. The van der Waals surface area contributed by atoms with Crippen LogP contribution in [-0.2, 0) is 23.9 Å². The Bertz CT molecular complexity index is 462. The number of rotatable bonds is 16. The molecule has 0 fully saturated rings. The minimum absolute atomic E-state index is 0. The Kier molecular flexibility index (Phi) is 13.8. The van der Waals surface area contributed by atoms with E-state index in [4.69, 9.17) is 9.47 Å². The summed E-state index contributed by atoms with van der Waals surface area (Å²) in [6, 6.07) is 0. The van der Waals surface area contributed by atoms with Gasteiger partial charge in [-0.15, -0.1) is 0 Å². The van der Waals surface area contributed by atoms with Gasteiger partial charge in [0.15, 0.2) is 0 Å². The van der Waals surface area contributed by atoms with E-state index in [1.807, 2.05) is 27.7 Å². The smallest absolute Gasteiger partial charge is 0.245 e. The monoisotopic (exact) mass is 390 g/mol. The molecule has 0 aromatic heterocycles. The molecule has 0 aliphatic carbocycles. The minimum Gasteiger partial charge on any atom is -0.377 e. The zero-order valence-electron chi connectivity index (χ0n) is 17.7. The zero-order chi connectivity index (χ0) is 20.7. The highest BCUT2D eigenvalue weighted by Crippen LogP contribution is 2.27. The minimum atomic E-state index is -0.251. The number of hydrogen-bond donors (Lipinski definition) is 2. The van der Waals surface area contributed by atoms with Crippen molar-refractivity contribution in [2.75, 3.05) is 39.5 Å². The Morgan fingerprint density at radius 3 is 2.30 bits per heavy atom. The maximum Gasteiger partial charge on any atom is 0.245 e. The van der Waals surface area contributed by atoms with E-state index in [1.165, 1.54) is 6.92 Å². The fraction of sp³-hybridized carbons (Fsp3) is 0.850. The van der Waals surface area contributed by atoms with Crippen molar-refractivity contribution >= 4 is 17.6 Å². The number of hydrogen-bond acceptors (Lipinski definition) is 5. The lowest BCUT2D eigenvalue weighted by Crippen LogP contribution is -2.30. The highest BCUT2D eigenvalue weighted by molar-refractivity contribution is 5.85. The topological polar surface area (TPSA) is 93.7 Å². The molecule has 0 aromatic carbocycles. The molecule has 0 aliphatic heterocycles. The Morgan fingerprint density at radius 1 is 1.00 bits per heavy atom. The van der Waals surface area contributed by atoms with Crippen LogP contribution in [0.2, 0.25) is 0 Å². The van der Waals surface area contributed by atoms with Gasteiger partial charge in [-0.2, -0.15) is 0 Å². The summed E-state index contributed by atoms with van der Waals surface area (Å²) >= 11 is 0. The molecule has 0 radical (unpaired) electrons. The molecular weight excluding hydrogens is 348 g/mol. The average molecular weight is 391 g/mol. The van der Waals surface area contributed by atoms with Gasteiger partial charge in [-0.05, 0) is 19.3 Å². The van der Waals surface area contributed by atoms with Gasteiger partial charge in [0.05, 0.1) is 19.8 Å².